The van der Waals surface area contributed by atoms with Gasteiger partial charge in [0, 0.05) is 5.56 Å². The molecule has 0 saturated heterocycles. The predicted octanol–water partition coefficient (Wildman–Crippen LogP) is 2.66. The second-order valence-electron chi connectivity index (χ2n) is 5.56. The summed E-state index contributed by atoms with van der Waals surface area (Å²) in [6, 6.07) is 8.83. The van der Waals surface area contributed by atoms with Crippen LogP contribution in [0.5, 0.6) is 0 Å². The topological polar surface area (TPSA) is 74.2 Å². The first kappa shape index (κ1) is 15.9. The third-order valence-corrected chi connectivity index (χ3v) is 2.97. The van der Waals surface area contributed by atoms with Gasteiger partial charge in [-0.15, -0.1) is 0 Å². The number of pyridine rings is 1. The molecule has 22 heavy (non-hydrogen) atoms. The number of amides is 1. The Morgan fingerprint density at radius 2 is 2.09 bits per heavy atom. The van der Waals surface area contributed by atoms with Gasteiger partial charge in [-0.2, -0.15) is 0 Å². The van der Waals surface area contributed by atoms with Crippen LogP contribution in [-0.4, -0.2) is 28.1 Å². The highest BCUT2D eigenvalue weighted by Gasteiger charge is 2.16. The first-order valence-electron chi connectivity index (χ1n) is 6.82. The number of anilines is 2. The van der Waals surface area contributed by atoms with E-state index in [4.69, 9.17) is 0 Å². The zero-order valence-electron chi connectivity index (χ0n) is 12.4. The zero-order valence-corrected chi connectivity index (χ0v) is 12.4. The van der Waals surface area contributed by atoms with E-state index in [1.807, 2.05) is 13.8 Å². The lowest BCUT2D eigenvalue weighted by atomic mass is 10.1. The monoisotopic (exact) mass is 303 g/mol. The Bertz CT molecular complexity index is 657. The van der Waals surface area contributed by atoms with Gasteiger partial charge in [0.15, 0.2) is 0 Å². The summed E-state index contributed by atoms with van der Waals surface area (Å²) in [6.45, 7) is 3.65. The van der Waals surface area contributed by atoms with E-state index >= 15 is 0 Å². The SMILES string of the molecule is CC(C)(CO)Nc1ccc(NC(=O)c2cccc(F)c2)cn1. The largest absolute Gasteiger partial charge is 0.394 e. The highest BCUT2D eigenvalue weighted by Crippen LogP contribution is 2.15. The Morgan fingerprint density at radius 1 is 1.32 bits per heavy atom. The molecule has 3 N–H and O–H groups in total. The van der Waals surface area contributed by atoms with E-state index in [0.29, 0.717) is 11.5 Å². The minimum Gasteiger partial charge on any atom is -0.394 e. The van der Waals surface area contributed by atoms with Crippen LogP contribution in [0.25, 0.3) is 0 Å². The minimum atomic E-state index is -0.487. The van der Waals surface area contributed by atoms with Crippen molar-refractivity contribution < 1.29 is 14.3 Å². The lowest BCUT2D eigenvalue weighted by Crippen LogP contribution is -2.35. The van der Waals surface area contributed by atoms with Crippen molar-refractivity contribution in [1.29, 1.82) is 0 Å². The van der Waals surface area contributed by atoms with Gasteiger partial charge in [0.2, 0.25) is 0 Å². The number of carbonyl (C=O) groups excluding carboxylic acids is 1. The predicted molar refractivity (Wildman–Crippen MR) is 83.4 cm³/mol. The molecule has 0 bridgehead atoms. The number of halogens is 1. The van der Waals surface area contributed by atoms with E-state index < -0.39 is 17.3 Å². The van der Waals surface area contributed by atoms with E-state index in [1.165, 1.54) is 30.5 Å². The molecule has 0 aliphatic rings. The molecule has 1 aromatic heterocycles. The number of aliphatic hydroxyl groups is 1. The number of aliphatic hydroxyl groups excluding tert-OH is 1. The number of aromatic nitrogens is 1. The fraction of sp³-hybridized carbons (Fsp3) is 0.250. The molecule has 6 heteroatoms. The molecule has 0 unspecified atom stereocenters. The number of hydrogen-bond donors (Lipinski definition) is 3. The van der Waals surface area contributed by atoms with Crippen molar-refractivity contribution in [3.63, 3.8) is 0 Å². The van der Waals surface area contributed by atoms with Crippen molar-refractivity contribution in [2.24, 2.45) is 0 Å². The maximum atomic E-state index is 13.1. The van der Waals surface area contributed by atoms with E-state index in [-0.39, 0.29) is 12.2 Å². The quantitative estimate of drug-likeness (QED) is 0.794. The molecule has 0 radical (unpaired) electrons. The average molecular weight is 303 g/mol. The van der Waals surface area contributed by atoms with Crippen LogP contribution in [-0.2, 0) is 0 Å². The highest BCUT2D eigenvalue weighted by molar-refractivity contribution is 6.04. The van der Waals surface area contributed by atoms with Crippen molar-refractivity contribution in [3.8, 4) is 0 Å². The van der Waals surface area contributed by atoms with E-state index in [2.05, 4.69) is 15.6 Å². The van der Waals surface area contributed by atoms with E-state index in [9.17, 15) is 14.3 Å². The van der Waals surface area contributed by atoms with Gasteiger partial charge >= 0.3 is 0 Å². The molecular formula is C16H18FN3O2. The van der Waals surface area contributed by atoms with Crippen LogP contribution in [0, 0.1) is 5.82 Å². The van der Waals surface area contributed by atoms with Gasteiger partial charge in [-0.3, -0.25) is 4.79 Å². The molecule has 0 aliphatic carbocycles. The lowest BCUT2D eigenvalue weighted by molar-refractivity contribution is 0.102. The van der Waals surface area contributed by atoms with Crippen molar-refractivity contribution in [2.45, 2.75) is 19.4 Å². The van der Waals surface area contributed by atoms with Gasteiger partial charge in [0.1, 0.15) is 11.6 Å². The number of carbonyl (C=O) groups is 1. The molecule has 0 fully saturated rings. The van der Waals surface area contributed by atoms with Gasteiger partial charge in [0.05, 0.1) is 24.0 Å². The summed E-state index contributed by atoms with van der Waals surface area (Å²) in [6.07, 6.45) is 1.49. The van der Waals surface area contributed by atoms with Crippen LogP contribution in [0.1, 0.15) is 24.2 Å². The summed E-state index contributed by atoms with van der Waals surface area (Å²) in [5, 5.41) is 14.9. The van der Waals surface area contributed by atoms with Crippen LogP contribution >= 0.6 is 0 Å². The van der Waals surface area contributed by atoms with Crippen molar-refractivity contribution in [1.82, 2.24) is 4.98 Å². The van der Waals surface area contributed by atoms with Crippen molar-refractivity contribution in [2.75, 3.05) is 17.2 Å². The smallest absolute Gasteiger partial charge is 0.255 e. The standard InChI is InChI=1S/C16H18FN3O2/c1-16(2,10-21)20-14-7-6-13(9-18-14)19-15(22)11-4-3-5-12(17)8-11/h3-9,21H,10H2,1-2H3,(H,18,20)(H,19,22). The van der Waals surface area contributed by atoms with Crippen molar-refractivity contribution in [3.05, 3.63) is 54.0 Å². The maximum Gasteiger partial charge on any atom is 0.255 e. The second kappa shape index (κ2) is 6.53. The third kappa shape index (κ3) is 4.26. The molecule has 5 nitrogen and oxygen atoms in total. The highest BCUT2D eigenvalue weighted by atomic mass is 19.1. The Balaban J connectivity index is 2.04. The van der Waals surface area contributed by atoms with E-state index in [0.717, 1.165) is 0 Å². The van der Waals surface area contributed by atoms with Gasteiger partial charge in [0.25, 0.3) is 5.91 Å². The summed E-state index contributed by atoms with van der Waals surface area (Å²) in [4.78, 5) is 16.1. The van der Waals surface area contributed by atoms with Gasteiger partial charge < -0.3 is 15.7 Å². The zero-order chi connectivity index (χ0) is 16.2. The van der Waals surface area contributed by atoms with Gasteiger partial charge in [-0.1, -0.05) is 6.07 Å². The maximum absolute atomic E-state index is 13.1. The van der Waals surface area contributed by atoms with Crippen LogP contribution < -0.4 is 10.6 Å². The van der Waals surface area contributed by atoms with Crippen LogP contribution in [0.15, 0.2) is 42.6 Å². The first-order chi connectivity index (χ1) is 10.4. The molecule has 0 atom stereocenters. The number of rotatable bonds is 5. The molecule has 1 amide bonds. The Morgan fingerprint density at radius 3 is 2.68 bits per heavy atom. The molecule has 1 heterocycles. The molecule has 116 valence electrons. The van der Waals surface area contributed by atoms with Gasteiger partial charge in [-0.25, -0.2) is 9.37 Å². The summed E-state index contributed by atoms with van der Waals surface area (Å²) >= 11 is 0. The molecule has 2 aromatic rings. The number of benzene rings is 1. The van der Waals surface area contributed by atoms with Gasteiger partial charge in [-0.05, 0) is 44.2 Å². The molecule has 1 aromatic carbocycles. The van der Waals surface area contributed by atoms with Crippen LogP contribution in [0.3, 0.4) is 0 Å². The summed E-state index contributed by atoms with van der Waals surface area (Å²) in [7, 11) is 0. The molecule has 0 saturated carbocycles. The first-order valence-corrected chi connectivity index (χ1v) is 6.82. The third-order valence-electron chi connectivity index (χ3n) is 2.97. The molecule has 0 spiro atoms. The second-order valence-corrected chi connectivity index (χ2v) is 5.56. The Labute approximate surface area is 128 Å². The van der Waals surface area contributed by atoms with Crippen LogP contribution in [0.4, 0.5) is 15.9 Å². The summed E-state index contributed by atoms with van der Waals surface area (Å²) in [5.74, 6) is -0.281. The molecular weight excluding hydrogens is 285 g/mol. The number of nitrogens with zero attached hydrogens (tertiary/aromatic N) is 1. The number of nitrogens with one attached hydrogen (secondary N) is 2. The van der Waals surface area contributed by atoms with E-state index in [1.54, 1.807) is 12.1 Å². The fourth-order valence-electron chi connectivity index (χ4n) is 1.76. The summed E-state index contributed by atoms with van der Waals surface area (Å²) in [5.41, 5.74) is 0.254. The molecule has 0 aliphatic heterocycles. The summed E-state index contributed by atoms with van der Waals surface area (Å²) < 4.78 is 13.1. The number of hydrogen-bond acceptors (Lipinski definition) is 4. The van der Waals surface area contributed by atoms with Crippen LogP contribution in [0.2, 0.25) is 0 Å². The average Bonchev–Trinajstić information content (AvgIpc) is 2.49. The van der Waals surface area contributed by atoms with Crippen molar-refractivity contribution >= 4 is 17.4 Å². The lowest BCUT2D eigenvalue weighted by Gasteiger charge is -2.24. The fourth-order valence-corrected chi connectivity index (χ4v) is 1.76. The molecule has 2 rings (SSSR count). The minimum absolute atomic E-state index is 0.0350. The Kier molecular flexibility index (Phi) is 4.72. The Hall–Kier alpha value is -2.47. The normalized spacial score (nSPS) is 11.1.